The lowest BCUT2D eigenvalue weighted by atomic mass is 10.2. The average Bonchev–Trinajstić information content (AvgIpc) is 2.93. The first kappa shape index (κ1) is 16.9. The largest absolute Gasteiger partial charge is 0.494 e. The van der Waals surface area contributed by atoms with Crippen LogP contribution in [0.1, 0.15) is 20.8 Å². The zero-order valence-electron chi connectivity index (χ0n) is 13.8. The van der Waals surface area contributed by atoms with Crippen molar-refractivity contribution in [1.82, 2.24) is 9.78 Å². The predicted octanol–water partition coefficient (Wildman–Crippen LogP) is 2.96. The van der Waals surface area contributed by atoms with Gasteiger partial charge >= 0.3 is 0 Å². The number of ether oxygens (including phenoxy) is 2. The second-order valence-corrected chi connectivity index (χ2v) is 5.53. The van der Waals surface area contributed by atoms with E-state index in [0.29, 0.717) is 24.1 Å². The number of hydrogen-bond acceptors (Lipinski definition) is 4. The first-order valence-electron chi connectivity index (χ1n) is 7.75. The highest BCUT2D eigenvalue weighted by molar-refractivity contribution is 5.91. The Morgan fingerprint density at radius 2 is 1.83 bits per heavy atom. The lowest BCUT2D eigenvalue weighted by molar-refractivity contribution is -0.118. The van der Waals surface area contributed by atoms with Crippen LogP contribution in [0, 0.1) is 5.92 Å². The van der Waals surface area contributed by atoms with E-state index in [-0.39, 0.29) is 12.5 Å². The molecule has 124 valence electrons. The van der Waals surface area contributed by atoms with Crippen LogP contribution in [0.5, 0.6) is 11.5 Å². The fraction of sp³-hybridized carbons (Fsp3) is 0.412. The van der Waals surface area contributed by atoms with E-state index >= 15 is 0 Å². The summed E-state index contributed by atoms with van der Waals surface area (Å²) in [7, 11) is 0. The van der Waals surface area contributed by atoms with E-state index in [2.05, 4.69) is 24.3 Å². The summed E-state index contributed by atoms with van der Waals surface area (Å²) in [4.78, 5) is 12.0. The van der Waals surface area contributed by atoms with Crippen LogP contribution in [0.2, 0.25) is 0 Å². The van der Waals surface area contributed by atoms with Crippen molar-refractivity contribution >= 4 is 11.7 Å². The van der Waals surface area contributed by atoms with Gasteiger partial charge in [0.25, 0.3) is 5.91 Å². The molecule has 0 fully saturated rings. The number of amides is 1. The number of carbonyl (C=O) groups is 1. The molecule has 23 heavy (non-hydrogen) atoms. The highest BCUT2D eigenvalue weighted by atomic mass is 16.5. The molecule has 0 aliphatic carbocycles. The smallest absolute Gasteiger partial charge is 0.263 e. The Balaban J connectivity index is 1.84. The molecule has 1 heterocycles. The van der Waals surface area contributed by atoms with Crippen molar-refractivity contribution in [3.05, 3.63) is 36.5 Å². The van der Waals surface area contributed by atoms with E-state index in [4.69, 9.17) is 9.47 Å². The van der Waals surface area contributed by atoms with Crippen molar-refractivity contribution < 1.29 is 14.3 Å². The minimum Gasteiger partial charge on any atom is -0.494 e. The fourth-order valence-corrected chi connectivity index (χ4v) is 2.06. The molecule has 0 spiro atoms. The molecule has 0 radical (unpaired) electrons. The monoisotopic (exact) mass is 317 g/mol. The minimum atomic E-state index is -0.218. The van der Waals surface area contributed by atoms with E-state index in [0.717, 1.165) is 12.3 Å². The van der Waals surface area contributed by atoms with Gasteiger partial charge in [0.2, 0.25) is 0 Å². The Labute approximate surface area is 136 Å². The maximum absolute atomic E-state index is 12.0. The summed E-state index contributed by atoms with van der Waals surface area (Å²) in [6.07, 6.45) is 1.67. The molecule has 0 aliphatic heterocycles. The van der Waals surface area contributed by atoms with Gasteiger partial charge in [-0.2, -0.15) is 5.10 Å². The number of rotatable bonds is 8. The molecule has 0 saturated carbocycles. The van der Waals surface area contributed by atoms with Crippen LogP contribution in [-0.4, -0.2) is 28.9 Å². The van der Waals surface area contributed by atoms with Gasteiger partial charge in [0.05, 0.1) is 12.8 Å². The molecular weight excluding hydrogens is 294 g/mol. The van der Waals surface area contributed by atoms with Crippen LogP contribution in [0.4, 0.5) is 5.82 Å². The summed E-state index contributed by atoms with van der Waals surface area (Å²) in [6, 6.07) is 8.96. The molecule has 2 rings (SSSR count). The number of aromatic nitrogens is 2. The molecule has 0 unspecified atom stereocenters. The van der Waals surface area contributed by atoms with E-state index in [1.807, 2.05) is 19.1 Å². The van der Waals surface area contributed by atoms with E-state index in [1.165, 1.54) is 0 Å². The van der Waals surface area contributed by atoms with Crippen molar-refractivity contribution in [1.29, 1.82) is 0 Å². The Bertz CT molecular complexity index is 620. The summed E-state index contributed by atoms with van der Waals surface area (Å²) >= 11 is 0. The van der Waals surface area contributed by atoms with E-state index < -0.39 is 0 Å². The van der Waals surface area contributed by atoms with Crippen molar-refractivity contribution in [2.24, 2.45) is 5.92 Å². The Morgan fingerprint density at radius 3 is 2.43 bits per heavy atom. The van der Waals surface area contributed by atoms with Crippen LogP contribution in [0.3, 0.4) is 0 Å². The van der Waals surface area contributed by atoms with Crippen LogP contribution >= 0.6 is 0 Å². The molecule has 1 N–H and O–H groups in total. The molecule has 2 aromatic rings. The molecule has 6 nitrogen and oxygen atoms in total. The number of benzene rings is 1. The first-order chi connectivity index (χ1) is 11.1. The molecule has 1 amide bonds. The van der Waals surface area contributed by atoms with Crippen molar-refractivity contribution in [2.45, 2.75) is 27.3 Å². The number of anilines is 1. The van der Waals surface area contributed by atoms with Crippen LogP contribution < -0.4 is 14.8 Å². The summed E-state index contributed by atoms with van der Waals surface area (Å²) < 4.78 is 12.6. The van der Waals surface area contributed by atoms with Crippen LogP contribution in [-0.2, 0) is 11.3 Å². The summed E-state index contributed by atoms with van der Waals surface area (Å²) in [5.41, 5.74) is 0. The SMILES string of the molecule is CCOc1ccc(OCC(=O)Nc2ccnn2CC(C)C)cc1. The van der Waals surface area contributed by atoms with Gasteiger partial charge < -0.3 is 14.8 Å². The Kier molecular flexibility index (Phi) is 6.02. The normalized spacial score (nSPS) is 10.6. The van der Waals surface area contributed by atoms with Gasteiger partial charge in [-0.1, -0.05) is 13.8 Å². The van der Waals surface area contributed by atoms with Crippen molar-refractivity contribution in [3.63, 3.8) is 0 Å². The lowest BCUT2D eigenvalue weighted by Gasteiger charge is -2.11. The third-order valence-corrected chi connectivity index (χ3v) is 3.03. The van der Waals surface area contributed by atoms with Gasteiger partial charge in [-0.25, -0.2) is 4.68 Å². The van der Waals surface area contributed by atoms with Gasteiger partial charge in [-0.3, -0.25) is 4.79 Å². The van der Waals surface area contributed by atoms with Gasteiger partial charge in [-0.05, 0) is 37.1 Å². The van der Waals surface area contributed by atoms with Gasteiger partial charge in [0, 0.05) is 12.6 Å². The number of hydrogen-bond donors (Lipinski definition) is 1. The minimum absolute atomic E-state index is 0.0547. The topological polar surface area (TPSA) is 65.4 Å². The van der Waals surface area contributed by atoms with Crippen molar-refractivity contribution in [3.8, 4) is 11.5 Å². The quantitative estimate of drug-likeness (QED) is 0.813. The standard InChI is InChI=1S/C17H23N3O3/c1-4-22-14-5-7-15(8-6-14)23-12-17(21)19-16-9-10-18-20(16)11-13(2)3/h5-10,13H,4,11-12H2,1-3H3,(H,19,21). The first-order valence-corrected chi connectivity index (χ1v) is 7.75. The number of nitrogens with one attached hydrogen (secondary N) is 1. The third kappa shape index (κ3) is 5.32. The molecule has 0 atom stereocenters. The van der Waals surface area contributed by atoms with E-state index in [1.54, 1.807) is 29.1 Å². The molecule has 6 heteroatoms. The molecule has 0 aliphatic rings. The van der Waals surface area contributed by atoms with Crippen LogP contribution in [0.25, 0.3) is 0 Å². The zero-order chi connectivity index (χ0) is 16.7. The molecule has 0 bridgehead atoms. The molecule has 1 aromatic heterocycles. The average molecular weight is 317 g/mol. The van der Waals surface area contributed by atoms with Gasteiger partial charge in [0.15, 0.2) is 6.61 Å². The fourth-order valence-electron chi connectivity index (χ4n) is 2.06. The predicted molar refractivity (Wildman–Crippen MR) is 88.8 cm³/mol. The Morgan fingerprint density at radius 1 is 1.17 bits per heavy atom. The van der Waals surface area contributed by atoms with Crippen LogP contribution in [0.15, 0.2) is 36.5 Å². The summed E-state index contributed by atoms with van der Waals surface area (Å²) in [5.74, 6) is 2.32. The van der Waals surface area contributed by atoms with Gasteiger partial charge in [0.1, 0.15) is 17.3 Å². The molecular formula is C17H23N3O3. The summed E-state index contributed by atoms with van der Waals surface area (Å²) in [6.45, 7) is 7.44. The van der Waals surface area contributed by atoms with E-state index in [9.17, 15) is 4.79 Å². The second kappa shape index (κ2) is 8.22. The molecule has 1 aromatic carbocycles. The maximum Gasteiger partial charge on any atom is 0.263 e. The third-order valence-electron chi connectivity index (χ3n) is 3.03. The number of carbonyl (C=O) groups excluding carboxylic acids is 1. The summed E-state index contributed by atoms with van der Waals surface area (Å²) in [5, 5.41) is 7.01. The highest BCUT2D eigenvalue weighted by Crippen LogP contribution is 2.17. The zero-order valence-corrected chi connectivity index (χ0v) is 13.8. The Hall–Kier alpha value is -2.50. The highest BCUT2D eigenvalue weighted by Gasteiger charge is 2.09. The molecule has 0 saturated heterocycles. The van der Waals surface area contributed by atoms with Gasteiger partial charge in [-0.15, -0.1) is 0 Å². The second-order valence-electron chi connectivity index (χ2n) is 5.53. The number of nitrogens with zero attached hydrogens (tertiary/aromatic N) is 2. The lowest BCUT2D eigenvalue weighted by Crippen LogP contribution is -2.22. The van der Waals surface area contributed by atoms with Crippen molar-refractivity contribution in [2.75, 3.05) is 18.5 Å². The maximum atomic E-state index is 12.0.